The number of aromatic nitrogens is 1. The van der Waals surface area contributed by atoms with Gasteiger partial charge in [0.15, 0.2) is 0 Å². The van der Waals surface area contributed by atoms with Gasteiger partial charge in [0.1, 0.15) is 5.69 Å². The highest BCUT2D eigenvalue weighted by atomic mass is 16.5. The molecule has 7 heteroatoms. The molecule has 0 unspecified atom stereocenters. The number of carbonyl (C=O) groups excluding carboxylic acids is 3. The Morgan fingerprint density at radius 2 is 1.74 bits per heavy atom. The van der Waals surface area contributed by atoms with Gasteiger partial charge >= 0.3 is 5.97 Å². The summed E-state index contributed by atoms with van der Waals surface area (Å²) in [7, 11) is 0. The van der Waals surface area contributed by atoms with Crippen molar-refractivity contribution >= 4 is 17.9 Å². The van der Waals surface area contributed by atoms with E-state index in [0.29, 0.717) is 6.42 Å². The molecule has 0 spiro atoms. The maximum atomic E-state index is 11.7. The zero-order chi connectivity index (χ0) is 14.6. The summed E-state index contributed by atoms with van der Waals surface area (Å²) in [5.41, 5.74) is -1.33. The molecule has 0 aliphatic heterocycles. The fourth-order valence-electron chi connectivity index (χ4n) is 1.79. The summed E-state index contributed by atoms with van der Waals surface area (Å²) in [6.45, 7) is 3.43. The highest BCUT2D eigenvalue weighted by Crippen LogP contribution is 2.21. The normalized spacial score (nSPS) is 10.2. The predicted octanol–water partition coefficient (Wildman–Crippen LogP) is -1.13. The third-order valence-corrected chi connectivity index (χ3v) is 2.49. The van der Waals surface area contributed by atoms with Crippen molar-refractivity contribution in [3.05, 3.63) is 22.5 Å². The molecule has 1 heterocycles. The Hall–Kier alpha value is -2.31. The van der Waals surface area contributed by atoms with Crippen LogP contribution in [0.1, 0.15) is 57.2 Å². The molecule has 1 N–H and O–H groups in total. The Balaban J connectivity index is 3.46. The van der Waals surface area contributed by atoms with E-state index in [-0.39, 0.29) is 24.3 Å². The molecule has 7 nitrogen and oxygen atoms in total. The first-order valence-corrected chi connectivity index (χ1v) is 5.78. The van der Waals surface area contributed by atoms with Gasteiger partial charge in [-0.15, -0.1) is 0 Å². The van der Waals surface area contributed by atoms with E-state index in [1.165, 1.54) is 0 Å². The Morgan fingerprint density at radius 3 is 2.16 bits per heavy atom. The van der Waals surface area contributed by atoms with Gasteiger partial charge in [0.05, 0.1) is 24.2 Å². The third-order valence-electron chi connectivity index (χ3n) is 2.49. The molecule has 104 valence electrons. The lowest BCUT2D eigenvalue weighted by Crippen LogP contribution is -2.30. The Bertz CT molecular complexity index is 517. The topological polar surface area (TPSA) is 122 Å². The van der Waals surface area contributed by atoms with Gasteiger partial charge in [-0.05, 0) is 18.9 Å². The van der Waals surface area contributed by atoms with Gasteiger partial charge < -0.3 is 29.5 Å². The molecular weight excluding hydrogens is 254 g/mol. The fourth-order valence-corrected chi connectivity index (χ4v) is 1.79. The number of ether oxygens (including phenoxy) is 1. The van der Waals surface area contributed by atoms with Crippen LogP contribution in [0.2, 0.25) is 0 Å². The number of rotatable bonds is 6. The third kappa shape index (κ3) is 2.93. The Morgan fingerprint density at radius 1 is 1.11 bits per heavy atom. The van der Waals surface area contributed by atoms with E-state index in [1.807, 2.05) is 0 Å². The molecule has 0 fully saturated rings. The smallest absolute Gasteiger partial charge is 0.355 e. The van der Waals surface area contributed by atoms with Gasteiger partial charge in [-0.2, -0.15) is 0 Å². The van der Waals surface area contributed by atoms with E-state index in [0.717, 1.165) is 0 Å². The van der Waals surface area contributed by atoms with E-state index in [9.17, 15) is 24.6 Å². The van der Waals surface area contributed by atoms with Gasteiger partial charge in [-0.3, -0.25) is 0 Å². The summed E-state index contributed by atoms with van der Waals surface area (Å²) in [4.78, 5) is 35.8. The van der Waals surface area contributed by atoms with Crippen molar-refractivity contribution in [3.8, 4) is 0 Å². The molecule has 0 aliphatic rings. The zero-order valence-electron chi connectivity index (χ0n) is 10.6. The molecule has 0 bridgehead atoms. The minimum Gasteiger partial charge on any atom is -0.545 e. The number of hydrogen-bond donors (Lipinski definition) is 1. The van der Waals surface area contributed by atoms with Crippen LogP contribution in [0.5, 0.6) is 0 Å². The molecule has 0 atom stereocenters. The summed E-state index contributed by atoms with van der Waals surface area (Å²) >= 11 is 0. The summed E-state index contributed by atoms with van der Waals surface area (Å²) in [5, 5.41) is 21.9. The average molecular weight is 267 g/mol. The van der Waals surface area contributed by atoms with Gasteiger partial charge in [0.2, 0.25) is 0 Å². The highest BCUT2D eigenvalue weighted by Gasteiger charge is 2.23. The van der Waals surface area contributed by atoms with Crippen LogP contribution in [0.15, 0.2) is 0 Å². The van der Waals surface area contributed by atoms with Crippen LogP contribution in [-0.4, -0.2) is 29.5 Å². The van der Waals surface area contributed by atoms with Crippen LogP contribution < -0.4 is 10.2 Å². The molecule has 0 saturated carbocycles. The SMILES string of the molecule is CCCc1c(C(=O)OCC)[nH]c(C(=O)[O-])c1C(=O)[O-]. The van der Waals surface area contributed by atoms with E-state index in [2.05, 4.69) is 4.98 Å². The summed E-state index contributed by atoms with van der Waals surface area (Å²) < 4.78 is 4.75. The number of esters is 1. The fraction of sp³-hybridized carbons (Fsp3) is 0.417. The number of aromatic carboxylic acids is 2. The number of aromatic amines is 1. The first-order valence-electron chi connectivity index (χ1n) is 5.78. The second-order valence-electron chi connectivity index (χ2n) is 3.77. The molecule has 0 radical (unpaired) electrons. The number of H-pyrrole nitrogens is 1. The molecular formula is C12H13NO6-2. The van der Waals surface area contributed by atoms with Crippen LogP contribution >= 0.6 is 0 Å². The standard InChI is InChI=1S/C12H15NO6/c1-3-5-6-7(10(14)15)9(11(16)17)13-8(6)12(18)19-4-2/h13H,3-5H2,1-2H3,(H,14,15)(H,16,17)/p-2. The maximum absolute atomic E-state index is 11.7. The summed E-state index contributed by atoms with van der Waals surface area (Å²) in [6.07, 6.45) is 0.734. The average Bonchev–Trinajstić information content (AvgIpc) is 2.69. The lowest BCUT2D eigenvalue weighted by atomic mass is 10.0. The van der Waals surface area contributed by atoms with Gasteiger partial charge in [-0.25, -0.2) is 4.79 Å². The molecule has 0 aliphatic carbocycles. The summed E-state index contributed by atoms with van der Waals surface area (Å²) in [5.74, 6) is -4.19. The van der Waals surface area contributed by atoms with Crippen LogP contribution in [0.3, 0.4) is 0 Å². The molecule has 0 saturated heterocycles. The first kappa shape index (κ1) is 14.7. The van der Waals surface area contributed by atoms with Crippen molar-refractivity contribution in [1.29, 1.82) is 0 Å². The van der Waals surface area contributed by atoms with Crippen LogP contribution in [-0.2, 0) is 11.2 Å². The van der Waals surface area contributed by atoms with Crippen molar-refractivity contribution in [1.82, 2.24) is 4.98 Å². The van der Waals surface area contributed by atoms with Crippen molar-refractivity contribution in [2.24, 2.45) is 0 Å². The van der Waals surface area contributed by atoms with Crippen LogP contribution in [0.25, 0.3) is 0 Å². The monoisotopic (exact) mass is 267 g/mol. The highest BCUT2D eigenvalue weighted by molar-refractivity contribution is 6.04. The predicted molar refractivity (Wildman–Crippen MR) is 59.4 cm³/mol. The molecule has 1 aromatic heterocycles. The van der Waals surface area contributed by atoms with E-state index >= 15 is 0 Å². The van der Waals surface area contributed by atoms with E-state index < -0.39 is 29.2 Å². The van der Waals surface area contributed by atoms with Gasteiger partial charge in [-0.1, -0.05) is 13.3 Å². The number of carbonyl (C=O) groups is 3. The van der Waals surface area contributed by atoms with Crippen LogP contribution in [0, 0.1) is 0 Å². The lowest BCUT2D eigenvalue weighted by molar-refractivity contribution is -0.260. The largest absolute Gasteiger partial charge is 0.545 e. The second-order valence-corrected chi connectivity index (χ2v) is 3.77. The van der Waals surface area contributed by atoms with Crippen LogP contribution in [0.4, 0.5) is 0 Å². The minimum absolute atomic E-state index is 0.0696. The number of carboxylic acids is 2. The molecule has 0 amide bonds. The maximum Gasteiger partial charge on any atom is 0.355 e. The zero-order valence-corrected chi connectivity index (χ0v) is 10.6. The molecule has 19 heavy (non-hydrogen) atoms. The van der Waals surface area contributed by atoms with Crippen molar-refractivity contribution in [3.63, 3.8) is 0 Å². The molecule has 1 aromatic rings. The van der Waals surface area contributed by atoms with Gasteiger partial charge in [0.25, 0.3) is 0 Å². The van der Waals surface area contributed by atoms with Crippen molar-refractivity contribution < 1.29 is 29.3 Å². The molecule has 1 rings (SSSR count). The number of hydrogen-bond acceptors (Lipinski definition) is 6. The van der Waals surface area contributed by atoms with Crippen molar-refractivity contribution in [2.75, 3.05) is 6.61 Å². The first-order chi connectivity index (χ1) is 8.93. The Labute approximate surface area is 109 Å². The molecule has 0 aromatic carbocycles. The number of nitrogens with one attached hydrogen (secondary N) is 1. The minimum atomic E-state index is -1.72. The quantitative estimate of drug-likeness (QED) is 0.651. The van der Waals surface area contributed by atoms with Crippen molar-refractivity contribution in [2.45, 2.75) is 26.7 Å². The Kier molecular flexibility index (Phi) is 4.68. The number of carboxylic acid groups (broad SMARTS) is 2. The van der Waals surface area contributed by atoms with Gasteiger partial charge in [0, 0.05) is 5.56 Å². The van der Waals surface area contributed by atoms with E-state index in [1.54, 1.807) is 13.8 Å². The lowest BCUT2D eigenvalue weighted by Gasteiger charge is -2.08. The van der Waals surface area contributed by atoms with E-state index in [4.69, 9.17) is 4.74 Å². The second kappa shape index (κ2) is 6.03. The summed E-state index contributed by atoms with van der Waals surface area (Å²) in [6, 6.07) is 0.